The van der Waals surface area contributed by atoms with E-state index in [1.807, 2.05) is 32.4 Å². The van der Waals surface area contributed by atoms with Crippen LogP contribution in [-0.2, 0) is 6.42 Å². The Morgan fingerprint density at radius 3 is 2.71 bits per heavy atom. The third-order valence-electron chi connectivity index (χ3n) is 2.61. The number of nitrogens with zero attached hydrogens (tertiary/aromatic N) is 4. The van der Waals surface area contributed by atoms with E-state index in [4.69, 9.17) is 0 Å². The second-order valence-corrected chi connectivity index (χ2v) is 4.27. The van der Waals surface area contributed by atoms with Crippen molar-refractivity contribution < 1.29 is 0 Å². The zero-order chi connectivity index (χ0) is 12.3. The average Bonchev–Trinajstić information content (AvgIpc) is 2.82. The molecule has 2 heterocycles. The molecule has 17 heavy (non-hydrogen) atoms. The first-order valence-electron chi connectivity index (χ1n) is 5.89. The van der Waals surface area contributed by atoms with E-state index in [0.29, 0.717) is 0 Å². The molecule has 0 unspecified atom stereocenters. The van der Waals surface area contributed by atoms with Crippen LogP contribution in [0.5, 0.6) is 0 Å². The Hall–Kier alpha value is -1.84. The molecule has 0 aliphatic carbocycles. The lowest BCUT2D eigenvalue weighted by Crippen LogP contribution is -2.11. The lowest BCUT2D eigenvalue weighted by Gasteiger charge is -2.15. The first kappa shape index (κ1) is 11.6. The summed E-state index contributed by atoms with van der Waals surface area (Å²) >= 11 is 0. The van der Waals surface area contributed by atoms with Crippen LogP contribution in [0.2, 0.25) is 0 Å². The van der Waals surface area contributed by atoms with E-state index in [1.54, 1.807) is 10.9 Å². The lowest BCUT2D eigenvalue weighted by molar-refractivity contribution is 0.812. The zero-order valence-corrected chi connectivity index (χ0v) is 10.6. The number of aryl methyl sites for hydroxylation is 1. The first-order valence-corrected chi connectivity index (χ1v) is 5.89. The largest absolute Gasteiger partial charge is 0.377 e. The Morgan fingerprint density at radius 2 is 2.12 bits per heavy atom. The number of hydrogen-bond donors (Lipinski definition) is 0. The van der Waals surface area contributed by atoms with Crippen LogP contribution >= 0.6 is 0 Å². The van der Waals surface area contributed by atoms with Crippen LogP contribution < -0.4 is 4.90 Å². The number of pyridine rings is 1. The van der Waals surface area contributed by atoms with Crippen LogP contribution in [-0.4, -0.2) is 28.9 Å². The lowest BCUT2D eigenvalue weighted by atomic mass is 10.2. The third kappa shape index (κ3) is 2.64. The molecule has 90 valence electrons. The van der Waals surface area contributed by atoms with Crippen LogP contribution in [0.25, 0.3) is 5.82 Å². The maximum Gasteiger partial charge on any atom is 0.155 e. The molecule has 2 rings (SSSR count). The van der Waals surface area contributed by atoms with Gasteiger partial charge in [0.15, 0.2) is 5.82 Å². The van der Waals surface area contributed by atoms with Gasteiger partial charge < -0.3 is 4.90 Å². The van der Waals surface area contributed by atoms with Gasteiger partial charge in [0.1, 0.15) is 0 Å². The van der Waals surface area contributed by atoms with Gasteiger partial charge in [-0.3, -0.25) is 0 Å². The molecule has 0 fully saturated rings. The number of hydrogen-bond acceptors (Lipinski definition) is 3. The van der Waals surface area contributed by atoms with Crippen molar-refractivity contribution in [3.05, 3.63) is 36.3 Å². The van der Waals surface area contributed by atoms with E-state index < -0.39 is 0 Å². The van der Waals surface area contributed by atoms with Crippen LogP contribution in [0.15, 0.2) is 30.6 Å². The molecule has 2 aromatic rings. The molecule has 0 saturated carbocycles. The zero-order valence-electron chi connectivity index (χ0n) is 10.6. The van der Waals surface area contributed by atoms with Gasteiger partial charge in [-0.15, -0.1) is 0 Å². The van der Waals surface area contributed by atoms with Crippen molar-refractivity contribution in [1.29, 1.82) is 0 Å². The van der Waals surface area contributed by atoms with E-state index in [-0.39, 0.29) is 0 Å². The summed E-state index contributed by atoms with van der Waals surface area (Å²) in [6.07, 6.45) is 5.78. The smallest absolute Gasteiger partial charge is 0.155 e. The minimum atomic E-state index is 0.879. The number of aromatic nitrogens is 3. The monoisotopic (exact) mass is 230 g/mol. The summed E-state index contributed by atoms with van der Waals surface area (Å²) in [6, 6.07) is 6.09. The molecule has 0 aromatic carbocycles. The first-order chi connectivity index (χ1) is 8.20. The molecule has 2 aromatic heterocycles. The van der Waals surface area contributed by atoms with Crippen molar-refractivity contribution in [3.8, 4) is 5.82 Å². The molecule has 0 aliphatic heterocycles. The highest BCUT2D eigenvalue weighted by Gasteiger charge is 2.05. The Balaban J connectivity index is 2.44. The topological polar surface area (TPSA) is 34.0 Å². The summed E-state index contributed by atoms with van der Waals surface area (Å²) in [5.74, 6) is 0.879. The molecule has 0 radical (unpaired) electrons. The van der Waals surface area contributed by atoms with Gasteiger partial charge >= 0.3 is 0 Å². The van der Waals surface area contributed by atoms with E-state index in [0.717, 1.165) is 30.0 Å². The normalized spacial score (nSPS) is 10.5. The highest BCUT2D eigenvalue weighted by Crippen LogP contribution is 2.17. The minimum absolute atomic E-state index is 0.879. The van der Waals surface area contributed by atoms with Crippen LogP contribution in [0.4, 0.5) is 5.69 Å². The van der Waals surface area contributed by atoms with E-state index in [2.05, 4.69) is 28.0 Å². The summed E-state index contributed by atoms with van der Waals surface area (Å²) in [5.41, 5.74) is 2.28. The van der Waals surface area contributed by atoms with Gasteiger partial charge in [-0.05, 0) is 18.6 Å². The summed E-state index contributed by atoms with van der Waals surface area (Å²) in [4.78, 5) is 6.71. The molecule has 0 atom stereocenters. The molecule has 0 saturated heterocycles. The Bertz CT molecular complexity index is 474. The van der Waals surface area contributed by atoms with Gasteiger partial charge in [0.25, 0.3) is 0 Å². The van der Waals surface area contributed by atoms with Crippen LogP contribution in [0.1, 0.15) is 19.0 Å². The van der Waals surface area contributed by atoms with Crippen LogP contribution in [0, 0.1) is 0 Å². The fraction of sp³-hybridized carbons (Fsp3) is 0.385. The molecule has 0 bridgehead atoms. The molecule has 0 aliphatic rings. The Morgan fingerprint density at radius 1 is 1.29 bits per heavy atom. The van der Waals surface area contributed by atoms with Gasteiger partial charge in [-0.25, -0.2) is 9.67 Å². The van der Waals surface area contributed by atoms with Crippen molar-refractivity contribution in [2.45, 2.75) is 19.8 Å². The Kier molecular flexibility index (Phi) is 3.42. The summed E-state index contributed by atoms with van der Waals surface area (Å²) in [6.45, 7) is 2.16. The predicted octanol–water partition coefficient (Wildman–Crippen LogP) is 2.29. The van der Waals surface area contributed by atoms with Crippen LogP contribution in [0.3, 0.4) is 0 Å². The van der Waals surface area contributed by atoms with Gasteiger partial charge in [0, 0.05) is 43.9 Å². The van der Waals surface area contributed by atoms with E-state index in [1.165, 1.54) is 0 Å². The van der Waals surface area contributed by atoms with Gasteiger partial charge in [0.05, 0.1) is 0 Å². The van der Waals surface area contributed by atoms with Crippen molar-refractivity contribution >= 4 is 5.69 Å². The number of anilines is 1. The van der Waals surface area contributed by atoms with E-state index in [9.17, 15) is 0 Å². The second-order valence-electron chi connectivity index (χ2n) is 4.27. The van der Waals surface area contributed by atoms with E-state index >= 15 is 0 Å². The number of rotatable bonds is 4. The standard InChI is InChI=1S/C13H18N4/c1-4-6-11-9-12(16(2)3)10-13(15-11)17-8-5-7-14-17/h5,7-10H,4,6H2,1-3H3. The van der Waals surface area contributed by atoms with Crippen molar-refractivity contribution in [1.82, 2.24) is 14.8 Å². The molecular weight excluding hydrogens is 212 g/mol. The second kappa shape index (κ2) is 4.99. The molecule has 0 amide bonds. The predicted molar refractivity (Wildman–Crippen MR) is 69.7 cm³/mol. The fourth-order valence-electron chi connectivity index (χ4n) is 1.72. The quantitative estimate of drug-likeness (QED) is 0.808. The van der Waals surface area contributed by atoms with Gasteiger partial charge in [0.2, 0.25) is 0 Å². The SMILES string of the molecule is CCCc1cc(N(C)C)cc(-n2cccn2)n1. The maximum atomic E-state index is 4.62. The Labute approximate surface area is 102 Å². The molecule has 4 nitrogen and oxygen atoms in total. The molecule has 0 spiro atoms. The van der Waals surface area contributed by atoms with Crippen molar-refractivity contribution in [3.63, 3.8) is 0 Å². The fourth-order valence-corrected chi connectivity index (χ4v) is 1.72. The third-order valence-corrected chi connectivity index (χ3v) is 2.61. The van der Waals surface area contributed by atoms with Crippen molar-refractivity contribution in [2.24, 2.45) is 0 Å². The molecular formula is C13H18N4. The van der Waals surface area contributed by atoms with Gasteiger partial charge in [-0.1, -0.05) is 13.3 Å². The molecule has 0 N–H and O–H groups in total. The minimum Gasteiger partial charge on any atom is -0.377 e. The summed E-state index contributed by atoms with van der Waals surface area (Å²) in [5, 5.41) is 4.22. The molecule has 4 heteroatoms. The highest BCUT2D eigenvalue weighted by molar-refractivity contribution is 5.50. The van der Waals surface area contributed by atoms with Gasteiger partial charge in [-0.2, -0.15) is 5.10 Å². The van der Waals surface area contributed by atoms with Crippen molar-refractivity contribution in [2.75, 3.05) is 19.0 Å². The average molecular weight is 230 g/mol. The summed E-state index contributed by atoms with van der Waals surface area (Å²) in [7, 11) is 4.08. The maximum absolute atomic E-state index is 4.62. The summed E-state index contributed by atoms with van der Waals surface area (Å²) < 4.78 is 1.80. The highest BCUT2D eigenvalue weighted by atomic mass is 15.3.